The van der Waals surface area contributed by atoms with Gasteiger partial charge in [0, 0.05) is 10.2 Å². The van der Waals surface area contributed by atoms with Crippen LogP contribution in [0.5, 0.6) is 0 Å². The van der Waals surface area contributed by atoms with Gasteiger partial charge in [-0.1, -0.05) is 45.7 Å². The van der Waals surface area contributed by atoms with Crippen molar-refractivity contribution in [3.8, 4) is 0 Å². The average molecular weight is 353 g/mol. The van der Waals surface area contributed by atoms with E-state index in [2.05, 4.69) is 31.8 Å². The molecule has 0 saturated heterocycles. The van der Waals surface area contributed by atoms with Crippen molar-refractivity contribution in [3.05, 3.63) is 59.1 Å². The van der Waals surface area contributed by atoms with Gasteiger partial charge in [-0.25, -0.2) is 0 Å². The molecule has 0 aromatic heterocycles. The molecule has 102 valence electrons. The Morgan fingerprint density at radius 2 is 1.65 bits per heavy atom. The van der Waals surface area contributed by atoms with Crippen LogP contribution in [0.3, 0.4) is 0 Å². The van der Waals surface area contributed by atoms with Crippen molar-refractivity contribution in [2.45, 2.75) is 0 Å². The number of benzene rings is 2. The SMILES string of the molecule is O=C(Nc1ccccc1)/C(Cl)=N/Nc1ccc(Br)cc1. The van der Waals surface area contributed by atoms with Crippen molar-refractivity contribution < 1.29 is 4.79 Å². The van der Waals surface area contributed by atoms with Crippen LogP contribution in [0, 0.1) is 0 Å². The third-order valence-corrected chi connectivity index (χ3v) is 3.13. The lowest BCUT2D eigenvalue weighted by Crippen LogP contribution is -2.19. The summed E-state index contributed by atoms with van der Waals surface area (Å²) in [5.74, 6) is -0.470. The Balaban J connectivity index is 1.96. The fourth-order valence-corrected chi connectivity index (χ4v) is 1.75. The smallest absolute Gasteiger partial charge is 0.287 e. The van der Waals surface area contributed by atoms with Gasteiger partial charge in [0.25, 0.3) is 5.91 Å². The van der Waals surface area contributed by atoms with Gasteiger partial charge < -0.3 is 5.32 Å². The number of rotatable bonds is 4. The zero-order valence-corrected chi connectivity index (χ0v) is 12.6. The van der Waals surface area contributed by atoms with Gasteiger partial charge >= 0.3 is 0 Å². The molecular weight excluding hydrogens is 342 g/mol. The summed E-state index contributed by atoms with van der Waals surface area (Å²) in [7, 11) is 0. The van der Waals surface area contributed by atoms with E-state index in [9.17, 15) is 4.79 Å². The Morgan fingerprint density at radius 3 is 2.30 bits per heavy atom. The molecule has 0 atom stereocenters. The number of anilines is 2. The summed E-state index contributed by atoms with van der Waals surface area (Å²) in [6.45, 7) is 0. The minimum atomic E-state index is -0.470. The summed E-state index contributed by atoms with van der Waals surface area (Å²) < 4.78 is 0.958. The number of halogens is 2. The van der Waals surface area contributed by atoms with E-state index < -0.39 is 5.91 Å². The first-order valence-corrected chi connectivity index (χ1v) is 6.93. The highest BCUT2D eigenvalue weighted by molar-refractivity contribution is 9.10. The molecule has 2 aromatic carbocycles. The van der Waals surface area contributed by atoms with Gasteiger partial charge in [-0.15, -0.1) is 0 Å². The average Bonchev–Trinajstić information content (AvgIpc) is 2.47. The summed E-state index contributed by atoms with van der Waals surface area (Å²) in [4.78, 5) is 11.8. The lowest BCUT2D eigenvalue weighted by Gasteiger charge is -2.04. The number of carbonyl (C=O) groups excluding carboxylic acids is 1. The van der Waals surface area contributed by atoms with Crippen molar-refractivity contribution in [3.63, 3.8) is 0 Å². The van der Waals surface area contributed by atoms with Gasteiger partial charge in [0.2, 0.25) is 5.17 Å². The van der Waals surface area contributed by atoms with Crippen LogP contribution in [0.4, 0.5) is 11.4 Å². The third kappa shape index (κ3) is 4.36. The molecule has 2 N–H and O–H groups in total. The Labute approximate surface area is 130 Å². The molecule has 20 heavy (non-hydrogen) atoms. The van der Waals surface area contributed by atoms with E-state index in [-0.39, 0.29) is 5.17 Å². The number of amides is 1. The van der Waals surface area contributed by atoms with Crippen LogP contribution in [-0.2, 0) is 4.79 Å². The molecule has 0 aliphatic carbocycles. The number of hydrazone groups is 1. The van der Waals surface area contributed by atoms with E-state index in [0.29, 0.717) is 5.69 Å². The van der Waals surface area contributed by atoms with Crippen LogP contribution in [-0.4, -0.2) is 11.1 Å². The summed E-state index contributed by atoms with van der Waals surface area (Å²) in [5, 5.41) is 6.29. The lowest BCUT2D eigenvalue weighted by atomic mass is 10.3. The van der Waals surface area contributed by atoms with Crippen molar-refractivity contribution >= 4 is 50.0 Å². The molecule has 1 amide bonds. The summed E-state index contributed by atoms with van der Waals surface area (Å²) in [6, 6.07) is 16.4. The minimum absolute atomic E-state index is 0.170. The van der Waals surface area contributed by atoms with Crippen LogP contribution < -0.4 is 10.7 Å². The topological polar surface area (TPSA) is 53.5 Å². The number of nitrogens with one attached hydrogen (secondary N) is 2. The molecule has 0 fully saturated rings. The number of nitrogens with zero attached hydrogens (tertiary/aromatic N) is 1. The number of carbonyl (C=O) groups is 1. The van der Waals surface area contributed by atoms with Gasteiger partial charge in [-0.2, -0.15) is 5.10 Å². The second-order valence-corrected chi connectivity index (χ2v) is 5.12. The molecule has 0 bridgehead atoms. The monoisotopic (exact) mass is 351 g/mol. The van der Waals surface area contributed by atoms with E-state index in [1.807, 2.05) is 42.5 Å². The Hall–Kier alpha value is -1.85. The molecule has 0 aliphatic rings. The highest BCUT2D eigenvalue weighted by atomic mass is 79.9. The molecular formula is C14H11BrClN3O. The molecule has 0 radical (unpaired) electrons. The van der Waals surface area contributed by atoms with Crippen LogP contribution >= 0.6 is 27.5 Å². The normalized spacial score (nSPS) is 11.0. The maximum atomic E-state index is 11.8. The van der Waals surface area contributed by atoms with Gasteiger partial charge in [-0.3, -0.25) is 10.2 Å². The largest absolute Gasteiger partial charge is 0.320 e. The molecule has 2 aromatic rings. The van der Waals surface area contributed by atoms with E-state index >= 15 is 0 Å². The minimum Gasteiger partial charge on any atom is -0.320 e. The Kier molecular flexibility index (Phi) is 5.15. The summed E-state index contributed by atoms with van der Waals surface area (Å²) >= 11 is 9.16. The fraction of sp³-hybridized carbons (Fsp3) is 0. The standard InChI is InChI=1S/C14H11BrClN3O/c15-10-6-8-12(9-7-10)18-19-13(16)14(20)17-11-4-2-1-3-5-11/h1-9,18H,(H,17,20)/b19-13-. The maximum absolute atomic E-state index is 11.8. The predicted octanol–water partition coefficient (Wildman–Crippen LogP) is 4.05. The molecule has 0 aliphatic heterocycles. The zero-order valence-electron chi connectivity index (χ0n) is 10.3. The molecule has 0 heterocycles. The quantitative estimate of drug-likeness (QED) is 0.644. The maximum Gasteiger partial charge on any atom is 0.287 e. The number of hydrogen-bond acceptors (Lipinski definition) is 3. The molecule has 0 unspecified atom stereocenters. The fourth-order valence-electron chi connectivity index (χ4n) is 1.39. The van der Waals surface area contributed by atoms with Crippen molar-refractivity contribution in [2.75, 3.05) is 10.7 Å². The second-order valence-electron chi connectivity index (χ2n) is 3.84. The molecule has 0 spiro atoms. The number of hydrogen-bond donors (Lipinski definition) is 2. The van der Waals surface area contributed by atoms with E-state index in [0.717, 1.165) is 10.2 Å². The third-order valence-electron chi connectivity index (χ3n) is 2.35. The molecule has 4 nitrogen and oxygen atoms in total. The highest BCUT2D eigenvalue weighted by Gasteiger charge is 2.08. The first-order chi connectivity index (χ1) is 9.65. The summed E-state index contributed by atoms with van der Waals surface area (Å²) in [6.07, 6.45) is 0. The van der Waals surface area contributed by atoms with Crippen molar-refractivity contribution in [1.29, 1.82) is 0 Å². The van der Waals surface area contributed by atoms with Crippen molar-refractivity contribution in [1.82, 2.24) is 0 Å². The van der Waals surface area contributed by atoms with Crippen LogP contribution in [0.25, 0.3) is 0 Å². The van der Waals surface area contributed by atoms with Crippen LogP contribution in [0.15, 0.2) is 64.2 Å². The first kappa shape index (κ1) is 14.6. The van der Waals surface area contributed by atoms with E-state index in [1.54, 1.807) is 12.1 Å². The van der Waals surface area contributed by atoms with Crippen molar-refractivity contribution in [2.24, 2.45) is 5.10 Å². The van der Waals surface area contributed by atoms with Gasteiger partial charge in [-0.05, 0) is 36.4 Å². The molecule has 6 heteroatoms. The van der Waals surface area contributed by atoms with Gasteiger partial charge in [0.15, 0.2) is 0 Å². The highest BCUT2D eigenvalue weighted by Crippen LogP contribution is 2.14. The molecule has 0 saturated carbocycles. The Morgan fingerprint density at radius 1 is 1.00 bits per heavy atom. The van der Waals surface area contributed by atoms with Crippen LogP contribution in [0.1, 0.15) is 0 Å². The van der Waals surface area contributed by atoms with Gasteiger partial charge in [0.1, 0.15) is 0 Å². The molecule has 2 rings (SSSR count). The van der Waals surface area contributed by atoms with E-state index in [1.165, 1.54) is 0 Å². The van der Waals surface area contributed by atoms with Crippen LogP contribution in [0.2, 0.25) is 0 Å². The second kappa shape index (κ2) is 7.07. The van der Waals surface area contributed by atoms with Gasteiger partial charge in [0.05, 0.1) is 5.69 Å². The Bertz CT molecular complexity index is 614. The summed E-state index contributed by atoms with van der Waals surface area (Å²) in [5.41, 5.74) is 4.11. The predicted molar refractivity (Wildman–Crippen MR) is 86.1 cm³/mol. The van der Waals surface area contributed by atoms with E-state index in [4.69, 9.17) is 11.6 Å². The first-order valence-electron chi connectivity index (χ1n) is 5.76. The zero-order chi connectivity index (χ0) is 14.4. The lowest BCUT2D eigenvalue weighted by molar-refractivity contribution is -0.110. The number of para-hydroxylation sites is 1.